The molecule has 0 radical (unpaired) electrons. The Hall–Kier alpha value is -3.84. The number of ether oxygens (including phenoxy) is 1. The average Bonchev–Trinajstić information content (AvgIpc) is 3.21. The summed E-state index contributed by atoms with van der Waals surface area (Å²) in [6, 6.07) is 12.5. The van der Waals surface area contributed by atoms with Gasteiger partial charge in [-0.2, -0.15) is 0 Å². The first-order valence-electron chi connectivity index (χ1n) is 9.44. The van der Waals surface area contributed by atoms with Crippen LogP contribution in [0.2, 0.25) is 5.02 Å². The number of methoxy groups -OCH3 is 1. The van der Waals surface area contributed by atoms with E-state index in [0.717, 1.165) is 11.0 Å². The van der Waals surface area contributed by atoms with Crippen molar-refractivity contribution < 1.29 is 19.1 Å². The lowest BCUT2D eigenvalue weighted by Crippen LogP contribution is -2.20. The molecule has 0 fully saturated rings. The van der Waals surface area contributed by atoms with Crippen LogP contribution in [0.4, 0.5) is 5.69 Å². The Labute approximate surface area is 181 Å². The fourth-order valence-electron chi connectivity index (χ4n) is 4.36. The Morgan fingerprint density at radius 1 is 1.06 bits per heavy atom. The summed E-state index contributed by atoms with van der Waals surface area (Å²) in [4.78, 5) is 36.7. The van der Waals surface area contributed by atoms with Crippen LogP contribution in [-0.2, 0) is 11.8 Å². The summed E-state index contributed by atoms with van der Waals surface area (Å²) in [6.45, 7) is 0. The lowest BCUT2D eigenvalue weighted by molar-refractivity contribution is -0.105. The lowest BCUT2D eigenvalue weighted by Gasteiger charge is -2.10. The Morgan fingerprint density at radius 3 is 2.52 bits per heavy atom. The normalized spacial score (nSPS) is 12.9. The molecule has 7 nitrogen and oxygen atoms in total. The van der Waals surface area contributed by atoms with E-state index in [9.17, 15) is 14.4 Å². The summed E-state index contributed by atoms with van der Waals surface area (Å²) >= 11 is 6.43. The van der Waals surface area contributed by atoms with Crippen molar-refractivity contribution in [3.63, 3.8) is 0 Å². The first kappa shape index (κ1) is 19.1. The molecule has 0 atom stereocenters. The SMILES string of the molecule is COc1cc(NC=O)cc2c3c4c(c(-c5ccccc5Cl)cc3n(C)c12)C(=O)NC4=O. The summed E-state index contributed by atoms with van der Waals surface area (Å²) in [5.74, 6) is -0.416. The molecular formula is C23H16ClN3O4. The molecule has 0 spiro atoms. The van der Waals surface area contributed by atoms with Gasteiger partial charge in [0.2, 0.25) is 6.41 Å². The van der Waals surface area contributed by atoms with Gasteiger partial charge in [-0.15, -0.1) is 0 Å². The molecule has 2 N–H and O–H groups in total. The molecule has 154 valence electrons. The van der Waals surface area contributed by atoms with Gasteiger partial charge in [0.25, 0.3) is 11.8 Å². The highest BCUT2D eigenvalue weighted by molar-refractivity contribution is 6.36. The predicted molar refractivity (Wildman–Crippen MR) is 119 cm³/mol. The van der Waals surface area contributed by atoms with Gasteiger partial charge in [0.1, 0.15) is 5.75 Å². The van der Waals surface area contributed by atoms with Gasteiger partial charge in [0.15, 0.2) is 0 Å². The fourth-order valence-corrected chi connectivity index (χ4v) is 4.60. The second-order valence-corrected chi connectivity index (χ2v) is 7.63. The van der Waals surface area contributed by atoms with E-state index in [1.54, 1.807) is 24.3 Å². The van der Waals surface area contributed by atoms with E-state index < -0.39 is 11.8 Å². The van der Waals surface area contributed by atoms with Crippen molar-refractivity contribution in [1.82, 2.24) is 9.88 Å². The van der Waals surface area contributed by atoms with Crippen LogP contribution in [0.25, 0.3) is 32.9 Å². The summed E-state index contributed by atoms with van der Waals surface area (Å²) in [6.07, 6.45) is 0.571. The van der Waals surface area contributed by atoms with Crippen molar-refractivity contribution in [2.24, 2.45) is 7.05 Å². The zero-order valence-electron chi connectivity index (χ0n) is 16.6. The molecule has 4 aromatic rings. The van der Waals surface area contributed by atoms with E-state index >= 15 is 0 Å². The molecule has 0 saturated carbocycles. The van der Waals surface area contributed by atoms with E-state index in [4.69, 9.17) is 16.3 Å². The summed E-state index contributed by atoms with van der Waals surface area (Å²) in [5, 5.41) is 6.81. The third-order valence-corrected chi connectivity index (χ3v) is 5.97. The smallest absolute Gasteiger partial charge is 0.259 e. The molecule has 1 aromatic heterocycles. The Kier molecular flexibility index (Phi) is 4.23. The third-order valence-electron chi connectivity index (χ3n) is 5.64. The van der Waals surface area contributed by atoms with Gasteiger partial charge in [-0.25, -0.2) is 0 Å². The molecule has 5 rings (SSSR count). The number of anilines is 1. The molecule has 3 aromatic carbocycles. The monoisotopic (exact) mass is 433 g/mol. The van der Waals surface area contributed by atoms with Crippen LogP contribution in [-0.4, -0.2) is 29.9 Å². The second kappa shape index (κ2) is 6.85. The highest BCUT2D eigenvalue weighted by atomic mass is 35.5. The molecule has 8 heteroatoms. The van der Waals surface area contributed by atoms with Crippen LogP contribution >= 0.6 is 11.6 Å². The third kappa shape index (κ3) is 2.63. The zero-order chi connectivity index (χ0) is 21.9. The van der Waals surface area contributed by atoms with Gasteiger partial charge >= 0.3 is 0 Å². The number of carbonyl (C=O) groups excluding carboxylic acids is 3. The van der Waals surface area contributed by atoms with Crippen molar-refractivity contribution in [3.05, 3.63) is 58.6 Å². The maximum Gasteiger partial charge on any atom is 0.259 e. The van der Waals surface area contributed by atoms with Gasteiger partial charge in [-0.05, 0) is 23.8 Å². The minimum Gasteiger partial charge on any atom is -0.494 e. The quantitative estimate of drug-likeness (QED) is 0.374. The van der Waals surface area contributed by atoms with Crippen molar-refractivity contribution in [2.45, 2.75) is 0 Å². The predicted octanol–water partition coefficient (Wildman–Crippen LogP) is 4.11. The van der Waals surface area contributed by atoms with Crippen LogP contribution in [0.1, 0.15) is 20.7 Å². The largest absolute Gasteiger partial charge is 0.494 e. The molecule has 1 aliphatic rings. The Bertz CT molecular complexity index is 1450. The zero-order valence-corrected chi connectivity index (χ0v) is 17.3. The van der Waals surface area contributed by atoms with Gasteiger partial charge in [0, 0.05) is 40.2 Å². The first-order chi connectivity index (χ1) is 15.0. The molecule has 0 saturated heterocycles. The highest BCUT2D eigenvalue weighted by Gasteiger charge is 2.35. The van der Waals surface area contributed by atoms with E-state index in [-0.39, 0.29) is 11.1 Å². The number of rotatable bonds is 4. The maximum absolute atomic E-state index is 12.9. The molecule has 31 heavy (non-hydrogen) atoms. The number of carbonyl (C=O) groups is 3. The van der Waals surface area contributed by atoms with Crippen LogP contribution in [0.3, 0.4) is 0 Å². The number of fused-ring (bicyclic) bond motifs is 5. The number of benzene rings is 3. The van der Waals surface area contributed by atoms with Crippen LogP contribution in [0.5, 0.6) is 5.75 Å². The van der Waals surface area contributed by atoms with Crippen LogP contribution in [0.15, 0.2) is 42.5 Å². The average molecular weight is 434 g/mol. The van der Waals surface area contributed by atoms with Gasteiger partial charge in [-0.3, -0.25) is 19.7 Å². The number of halogens is 1. The first-order valence-corrected chi connectivity index (χ1v) is 9.82. The minimum atomic E-state index is -0.473. The fraction of sp³-hybridized carbons (Fsp3) is 0.0870. The summed E-state index contributed by atoms with van der Waals surface area (Å²) in [5.41, 5.74) is 3.79. The number of nitrogens with zero attached hydrogens (tertiary/aromatic N) is 1. The van der Waals surface area contributed by atoms with Crippen LogP contribution in [0, 0.1) is 0 Å². The van der Waals surface area contributed by atoms with Gasteiger partial charge in [-0.1, -0.05) is 29.8 Å². The van der Waals surface area contributed by atoms with E-state index in [1.165, 1.54) is 7.11 Å². The van der Waals surface area contributed by atoms with Gasteiger partial charge in [0.05, 0.1) is 29.3 Å². The topological polar surface area (TPSA) is 89.4 Å². The number of aryl methyl sites for hydroxylation is 1. The van der Waals surface area contributed by atoms with E-state index in [1.807, 2.05) is 29.8 Å². The Morgan fingerprint density at radius 2 is 1.81 bits per heavy atom. The number of hydrogen-bond acceptors (Lipinski definition) is 4. The summed E-state index contributed by atoms with van der Waals surface area (Å²) < 4.78 is 7.47. The molecule has 2 heterocycles. The minimum absolute atomic E-state index is 0.283. The highest BCUT2D eigenvalue weighted by Crippen LogP contribution is 2.44. The number of amides is 3. The molecule has 0 unspecified atom stereocenters. The van der Waals surface area contributed by atoms with Crippen molar-refractivity contribution >= 4 is 57.3 Å². The molecule has 0 bridgehead atoms. The number of imide groups is 1. The van der Waals surface area contributed by atoms with Crippen molar-refractivity contribution in [3.8, 4) is 16.9 Å². The van der Waals surface area contributed by atoms with Crippen molar-refractivity contribution in [2.75, 3.05) is 12.4 Å². The number of aromatic nitrogens is 1. The van der Waals surface area contributed by atoms with Crippen molar-refractivity contribution in [1.29, 1.82) is 0 Å². The van der Waals surface area contributed by atoms with Crippen LogP contribution < -0.4 is 15.4 Å². The Balaban J connectivity index is 2.01. The standard InChI is InChI=1S/C23H16ClN3O4/c1-27-16-9-13(12-5-3-4-6-15(12)24)19-20(23(30)26-22(19)29)18(16)14-7-11(25-10-28)8-17(31-2)21(14)27/h3-10H,1-2H3,(H,25,28)(H,26,29,30). The summed E-state index contributed by atoms with van der Waals surface area (Å²) in [7, 11) is 3.39. The van der Waals surface area contributed by atoms with E-state index in [2.05, 4.69) is 10.6 Å². The number of nitrogens with one attached hydrogen (secondary N) is 2. The second-order valence-electron chi connectivity index (χ2n) is 7.23. The van der Waals surface area contributed by atoms with E-state index in [0.29, 0.717) is 44.8 Å². The molecule has 0 aliphatic carbocycles. The maximum atomic E-state index is 12.9. The van der Waals surface area contributed by atoms with Gasteiger partial charge < -0.3 is 14.6 Å². The molecular weight excluding hydrogens is 418 g/mol. The molecule has 1 aliphatic heterocycles. The molecule has 3 amide bonds. The number of hydrogen-bond donors (Lipinski definition) is 2. The lowest BCUT2D eigenvalue weighted by atomic mass is 9.93.